The molecule has 0 rings (SSSR count). The van der Waals surface area contributed by atoms with E-state index in [1.54, 1.807) is 27.7 Å². The predicted octanol–water partition coefficient (Wildman–Crippen LogP) is 1.47. The summed E-state index contributed by atoms with van der Waals surface area (Å²) in [5.74, 6) is -1.88. The van der Waals surface area contributed by atoms with Gasteiger partial charge < -0.3 is 19.5 Å². The molecule has 0 radical (unpaired) electrons. The zero-order valence-corrected chi connectivity index (χ0v) is 14.7. The average molecular weight is 349 g/mol. The molecule has 0 aliphatic carbocycles. The summed E-state index contributed by atoms with van der Waals surface area (Å²) < 4.78 is 14.2. The maximum absolute atomic E-state index is 11.7. The van der Waals surface area contributed by atoms with Gasteiger partial charge in [0.25, 0.3) is 0 Å². The van der Waals surface area contributed by atoms with Crippen LogP contribution >= 0.6 is 11.8 Å². The average Bonchev–Trinajstić information content (AvgIpc) is 2.43. The highest BCUT2D eigenvalue weighted by molar-refractivity contribution is 8.14. The van der Waals surface area contributed by atoms with E-state index in [0.29, 0.717) is 11.8 Å². The van der Waals surface area contributed by atoms with E-state index in [4.69, 9.17) is 4.74 Å². The lowest BCUT2D eigenvalue weighted by molar-refractivity contribution is -0.155. The van der Waals surface area contributed by atoms with Gasteiger partial charge in [0, 0.05) is 0 Å². The van der Waals surface area contributed by atoms with Gasteiger partial charge in [0.15, 0.2) is 0 Å². The van der Waals surface area contributed by atoms with Crippen LogP contribution in [0.3, 0.4) is 0 Å². The van der Waals surface area contributed by atoms with E-state index in [-0.39, 0.29) is 18.6 Å². The molecule has 0 bridgehead atoms. The van der Waals surface area contributed by atoms with Gasteiger partial charge in [-0.25, -0.2) is 4.79 Å². The molecule has 0 aromatic rings. The highest BCUT2D eigenvalue weighted by Gasteiger charge is 2.20. The molecule has 0 saturated heterocycles. The molecule has 0 aliphatic heterocycles. The van der Waals surface area contributed by atoms with Crippen molar-refractivity contribution >= 4 is 34.9 Å². The zero-order chi connectivity index (χ0) is 18.0. The second-order valence-electron chi connectivity index (χ2n) is 5.15. The van der Waals surface area contributed by atoms with Crippen LogP contribution in [-0.2, 0) is 28.6 Å². The highest BCUT2D eigenvalue weighted by Crippen LogP contribution is 2.14. The van der Waals surface area contributed by atoms with Crippen molar-refractivity contribution in [3.05, 3.63) is 0 Å². The van der Waals surface area contributed by atoms with Gasteiger partial charge in [-0.2, -0.15) is 0 Å². The molecule has 8 nitrogen and oxygen atoms in total. The van der Waals surface area contributed by atoms with Gasteiger partial charge in [-0.1, -0.05) is 13.8 Å². The number of carbonyl (C=O) groups excluding carboxylic acids is 4. The van der Waals surface area contributed by atoms with Crippen LogP contribution in [0.25, 0.3) is 0 Å². The van der Waals surface area contributed by atoms with Gasteiger partial charge in [0.05, 0.1) is 17.3 Å². The van der Waals surface area contributed by atoms with Crippen LogP contribution in [0.2, 0.25) is 0 Å². The van der Waals surface area contributed by atoms with E-state index in [1.165, 1.54) is 6.92 Å². The van der Waals surface area contributed by atoms with Crippen molar-refractivity contribution in [1.29, 1.82) is 0 Å². The number of thioether (sulfide) groups is 1. The maximum atomic E-state index is 11.7. The number of carbonyl (C=O) groups is 4. The minimum absolute atomic E-state index is 0.269. The highest BCUT2D eigenvalue weighted by atomic mass is 32.2. The van der Waals surface area contributed by atoms with Crippen LogP contribution in [0.15, 0.2) is 0 Å². The molecular formula is C14H23NO7S. The summed E-state index contributed by atoms with van der Waals surface area (Å²) >= 11 is 0.617. The van der Waals surface area contributed by atoms with E-state index in [9.17, 15) is 19.2 Å². The smallest absolute Gasteiger partial charge is 0.370 e. The maximum Gasteiger partial charge on any atom is 0.370 e. The summed E-state index contributed by atoms with van der Waals surface area (Å²) in [7, 11) is 0. The Kier molecular flexibility index (Phi) is 10.0. The summed E-state index contributed by atoms with van der Waals surface area (Å²) in [5.41, 5.74) is 0. The van der Waals surface area contributed by atoms with E-state index < -0.39 is 35.2 Å². The number of amides is 1. The topological polar surface area (TPSA) is 108 Å². The summed E-state index contributed by atoms with van der Waals surface area (Å²) in [6.07, 6.45) is -0.269. The first-order chi connectivity index (χ1) is 10.6. The first-order valence-corrected chi connectivity index (χ1v) is 7.98. The van der Waals surface area contributed by atoms with Gasteiger partial charge in [0.1, 0.15) is 6.54 Å². The number of nitrogens with one attached hydrogen (secondary N) is 1. The minimum Gasteiger partial charge on any atom is -0.462 e. The fourth-order valence-corrected chi connectivity index (χ4v) is 1.74. The van der Waals surface area contributed by atoms with Crippen LogP contribution in [0, 0.1) is 5.92 Å². The Bertz CT molecular complexity index is 437. The molecule has 0 fully saturated rings. The largest absolute Gasteiger partial charge is 0.462 e. The molecule has 0 aliphatic rings. The zero-order valence-electron chi connectivity index (χ0n) is 13.9. The van der Waals surface area contributed by atoms with Gasteiger partial charge in [-0.15, -0.1) is 0 Å². The van der Waals surface area contributed by atoms with E-state index in [0.717, 1.165) is 0 Å². The molecule has 1 unspecified atom stereocenters. The third-order valence-corrected chi connectivity index (χ3v) is 3.14. The molecule has 1 amide bonds. The Morgan fingerprint density at radius 1 is 1.00 bits per heavy atom. The van der Waals surface area contributed by atoms with Gasteiger partial charge in [-0.3, -0.25) is 14.4 Å². The van der Waals surface area contributed by atoms with E-state index >= 15 is 0 Å². The monoisotopic (exact) mass is 349 g/mol. The summed E-state index contributed by atoms with van der Waals surface area (Å²) in [6, 6.07) is 0. The minimum atomic E-state index is -0.768. The van der Waals surface area contributed by atoms with Crippen molar-refractivity contribution in [2.75, 3.05) is 13.3 Å². The third-order valence-electron chi connectivity index (χ3n) is 2.27. The molecule has 0 heterocycles. The van der Waals surface area contributed by atoms with Crippen molar-refractivity contribution in [2.45, 2.75) is 46.0 Å². The summed E-state index contributed by atoms with van der Waals surface area (Å²) in [5, 5.41) is 0.831. The molecule has 1 N–H and O–H groups in total. The SMILES string of the molecule is CC(C)OC(=O)CNC(=O)C(C)SC(=O)OCOC(=O)C(C)C. The number of rotatable bonds is 8. The molecule has 0 spiro atoms. The molecule has 0 aromatic carbocycles. The number of hydrogen-bond acceptors (Lipinski definition) is 8. The standard InChI is InChI=1S/C14H23NO7S/c1-8(2)13(18)20-7-21-14(19)23-10(5)12(17)15-6-11(16)22-9(3)4/h8-10H,6-7H2,1-5H3,(H,15,17). The Morgan fingerprint density at radius 3 is 2.13 bits per heavy atom. The quantitative estimate of drug-likeness (QED) is 0.518. The summed E-state index contributed by atoms with van der Waals surface area (Å²) in [4.78, 5) is 45.6. The fraction of sp³-hybridized carbons (Fsp3) is 0.714. The Morgan fingerprint density at radius 2 is 1.61 bits per heavy atom. The fourth-order valence-electron chi connectivity index (χ4n) is 1.14. The molecule has 9 heteroatoms. The van der Waals surface area contributed by atoms with E-state index in [1.807, 2.05) is 0 Å². The lowest BCUT2D eigenvalue weighted by Gasteiger charge is -2.12. The molecular weight excluding hydrogens is 326 g/mol. The molecule has 0 saturated carbocycles. The second-order valence-corrected chi connectivity index (χ2v) is 6.42. The Labute approximate surface area is 139 Å². The van der Waals surface area contributed by atoms with Crippen molar-refractivity contribution in [1.82, 2.24) is 5.32 Å². The number of hydrogen-bond donors (Lipinski definition) is 1. The number of esters is 2. The van der Waals surface area contributed by atoms with Crippen LogP contribution < -0.4 is 5.32 Å². The number of ether oxygens (including phenoxy) is 3. The van der Waals surface area contributed by atoms with Crippen molar-refractivity contribution in [3.8, 4) is 0 Å². The lowest BCUT2D eigenvalue weighted by atomic mass is 10.2. The van der Waals surface area contributed by atoms with Crippen LogP contribution in [0.5, 0.6) is 0 Å². The van der Waals surface area contributed by atoms with Crippen molar-refractivity contribution in [3.63, 3.8) is 0 Å². The van der Waals surface area contributed by atoms with Gasteiger partial charge >= 0.3 is 17.2 Å². The Balaban J connectivity index is 4.00. The molecule has 23 heavy (non-hydrogen) atoms. The van der Waals surface area contributed by atoms with Gasteiger partial charge in [-0.05, 0) is 32.5 Å². The van der Waals surface area contributed by atoms with Crippen molar-refractivity contribution in [2.24, 2.45) is 5.92 Å². The van der Waals surface area contributed by atoms with Gasteiger partial charge in [0.2, 0.25) is 12.7 Å². The molecule has 1 atom stereocenters. The van der Waals surface area contributed by atoms with Crippen LogP contribution in [0.4, 0.5) is 4.79 Å². The third kappa shape index (κ3) is 10.6. The first-order valence-electron chi connectivity index (χ1n) is 7.10. The Hall–Kier alpha value is -1.77. The predicted molar refractivity (Wildman–Crippen MR) is 83.6 cm³/mol. The molecule has 0 aromatic heterocycles. The molecule has 132 valence electrons. The first kappa shape index (κ1) is 21.2. The van der Waals surface area contributed by atoms with Crippen LogP contribution in [0.1, 0.15) is 34.6 Å². The lowest BCUT2D eigenvalue weighted by Crippen LogP contribution is -2.36. The van der Waals surface area contributed by atoms with Crippen LogP contribution in [-0.4, -0.2) is 47.8 Å². The second kappa shape index (κ2) is 10.9. The van der Waals surface area contributed by atoms with Crippen molar-refractivity contribution < 1.29 is 33.4 Å². The van der Waals surface area contributed by atoms with E-state index in [2.05, 4.69) is 14.8 Å². The normalized spacial score (nSPS) is 11.8. The summed E-state index contributed by atoms with van der Waals surface area (Å²) in [6.45, 7) is 7.39.